The summed E-state index contributed by atoms with van der Waals surface area (Å²) < 4.78 is 56.7. The fraction of sp³-hybridized carbons (Fsp3) is 0.524. The van der Waals surface area contributed by atoms with Crippen LogP contribution in [0.1, 0.15) is 24.6 Å². The Morgan fingerprint density at radius 3 is 2.72 bits per heavy atom. The summed E-state index contributed by atoms with van der Waals surface area (Å²) in [6.45, 7) is -8.93. The number of aromatic amines is 1. The van der Waals surface area contributed by atoms with Crippen LogP contribution in [-0.2, 0) is 32.0 Å². The van der Waals surface area contributed by atoms with Crippen molar-refractivity contribution in [3.63, 3.8) is 0 Å². The molecule has 2 aliphatic heterocycles. The van der Waals surface area contributed by atoms with Crippen LogP contribution in [0.2, 0.25) is 0 Å². The normalized spacial score (nSPS) is 36.7. The predicted molar refractivity (Wildman–Crippen MR) is 154 cm³/mol. The van der Waals surface area contributed by atoms with Crippen molar-refractivity contribution < 1.29 is 37.1 Å². The third-order valence-electron chi connectivity index (χ3n) is 7.22. The molecule has 0 unspecified atom stereocenters. The van der Waals surface area contributed by atoms with E-state index in [-0.39, 0.29) is 41.7 Å². The van der Waals surface area contributed by atoms with E-state index in [2.05, 4.69) is 54.7 Å². The molecule has 22 heteroatoms. The van der Waals surface area contributed by atoms with Crippen LogP contribution in [-0.4, -0.2) is 78.3 Å². The lowest BCUT2D eigenvalue weighted by atomic mass is 10.1. The highest BCUT2D eigenvalue weighted by Crippen LogP contribution is 2.60. The van der Waals surface area contributed by atoms with Gasteiger partial charge in [-0.3, -0.25) is 27.9 Å². The summed E-state index contributed by atoms with van der Waals surface area (Å²) in [5, 5.41) is 23.6. The minimum atomic E-state index is -4.20. The first-order chi connectivity index (χ1) is 20.4. The van der Waals surface area contributed by atoms with E-state index in [0.717, 1.165) is 0 Å². The molecule has 3 aromatic heterocycles. The van der Waals surface area contributed by atoms with Gasteiger partial charge in [-0.2, -0.15) is 10.2 Å². The minimum absolute atomic E-state index is 0.00318. The minimum Gasteiger partial charge on any atom is -0.387 e. The van der Waals surface area contributed by atoms with Crippen LogP contribution in [0.4, 0.5) is 11.8 Å². The number of nitrogens with zero attached hydrogens (tertiary/aromatic N) is 6. The second-order valence-corrected chi connectivity index (χ2v) is 15.8. The number of nitrogen functional groups attached to an aromatic ring is 1. The van der Waals surface area contributed by atoms with Crippen LogP contribution in [0.25, 0.3) is 11.2 Å². The first-order valence-electron chi connectivity index (χ1n) is 12.8. The van der Waals surface area contributed by atoms with Gasteiger partial charge in [0, 0.05) is 12.0 Å². The fourth-order valence-corrected chi connectivity index (χ4v) is 8.36. The van der Waals surface area contributed by atoms with E-state index in [9.17, 15) is 24.3 Å². The molecule has 3 aromatic rings. The highest BCUT2D eigenvalue weighted by Gasteiger charge is 2.51. The molecule has 5 heterocycles. The first kappa shape index (κ1) is 30.5. The number of imidazole rings is 1. The number of aromatic nitrogens is 6. The van der Waals surface area contributed by atoms with Gasteiger partial charge < -0.3 is 25.4 Å². The molecule has 1 saturated carbocycles. The van der Waals surface area contributed by atoms with E-state index in [1.54, 1.807) is 0 Å². The molecule has 5 N–H and O–H groups in total. The van der Waals surface area contributed by atoms with E-state index >= 15 is 0 Å². The lowest BCUT2D eigenvalue weighted by Gasteiger charge is -2.26. The average molecular weight is 674 g/mol. The van der Waals surface area contributed by atoms with Crippen LogP contribution >= 0.6 is 38.1 Å². The second kappa shape index (κ2) is 11.7. The number of anilines is 2. The summed E-state index contributed by atoms with van der Waals surface area (Å²) in [5.41, 5.74) is 5.26. The summed E-state index contributed by atoms with van der Waals surface area (Å²) in [4.78, 5) is 30.7. The molecule has 2 saturated heterocycles. The van der Waals surface area contributed by atoms with E-state index in [4.69, 9.17) is 28.6 Å². The molecule has 9 atom stereocenters. The molecular weight excluding hydrogens is 648 g/mol. The molecule has 18 nitrogen and oxygen atoms in total. The summed E-state index contributed by atoms with van der Waals surface area (Å²) in [6.07, 6.45) is -1.57. The number of rotatable bonds is 3. The molecule has 3 aliphatic rings. The number of nitrogens with one attached hydrogen (secondary N) is 2. The highest BCUT2D eigenvalue weighted by molar-refractivity contribution is 8.44. The summed E-state index contributed by atoms with van der Waals surface area (Å²) >= 11 is 8.26. The molecule has 2 bridgehead atoms. The largest absolute Gasteiger partial charge is 0.387 e. The Kier molecular flexibility index (Phi) is 8.32. The fourth-order valence-electron chi connectivity index (χ4n) is 5.29. The zero-order valence-electron chi connectivity index (χ0n) is 21.9. The number of aliphatic hydroxyl groups is 1. The standard InChI is InChI=1S/C21H25N9O9P2S2/c22-3-10-4-24-7-25-17(10)27-11-1-9-5-35-41(34,43)39-16-15(31)13(6-36-40(33,42)38-12(9)2-11)37-20(16)30-8-26-14-18(30)28-21(23)29-19(14)32/h4,7-9,11-13,15-16,20,31H,1-2,5-6H2,(H,33,42)(H,34,43)(H,24,25,27)(H3,23,28,29,32)/t9-,11-,12+,13-,15-,16-,20-,40-,41-/m1/s1. The second-order valence-electron chi connectivity index (χ2n) is 10.0. The molecule has 6 rings (SSSR count). The average Bonchev–Trinajstić information content (AvgIpc) is 3.62. The van der Waals surface area contributed by atoms with Crippen LogP contribution < -0.4 is 16.6 Å². The van der Waals surface area contributed by atoms with Crippen molar-refractivity contribution in [1.29, 1.82) is 5.26 Å². The predicted octanol–water partition coefficient (Wildman–Crippen LogP) is 1.41. The van der Waals surface area contributed by atoms with E-state index < -0.39 is 62.3 Å². The molecule has 0 radical (unpaired) electrons. The first-order valence-corrected chi connectivity index (χ1v) is 18.2. The Hall–Kier alpha value is -2.56. The van der Waals surface area contributed by atoms with Gasteiger partial charge in [-0.05, 0) is 12.8 Å². The van der Waals surface area contributed by atoms with Gasteiger partial charge in [0.1, 0.15) is 42.1 Å². The topological polar surface area (TPSA) is 252 Å². The number of thiol groups is 2. The number of nitrogens with two attached hydrogens (primary N) is 1. The maximum absolute atomic E-state index is 13.5. The summed E-state index contributed by atoms with van der Waals surface area (Å²) in [6, 6.07) is 1.70. The third kappa shape index (κ3) is 6.33. The maximum atomic E-state index is 13.5. The van der Waals surface area contributed by atoms with Gasteiger partial charge in [0.25, 0.3) is 5.56 Å². The third-order valence-corrected chi connectivity index (χ3v) is 10.5. The van der Waals surface area contributed by atoms with Gasteiger partial charge in [0.05, 0.1) is 31.8 Å². The summed E-state index contributed by atoms with van der Waals surface area (Å²) in [7, 11) is 0. The molecule has 3 fully saturated rings. The van der Waals surface area contributed by atoms with Crippen molar-refractivity contribution >= 4 is 61.0 Å². The highest BCUT2D eigenvalue weighted by atomic mass is 32.7. The molecule has 0 amide bonds. The van der Waals surface area contributed by atoms with E-state index in [0.29, 0.717) is 12.2 Å². The van der Waals surface area contributed by atoms with Crippen molar-refractivity contribution in [2.24, 2.45) is 5.92 Å². The Morgan fingerprint density at radius 2 is 1.93 bits per heavy atom. The molecule has 0 spiro atoms. The zero-order chi connectivity index (χ0) is 30.5. The number of aliphatic hydroxyl groups excluding tert-OH is 1. The van der Waals surface area contributed by atoms with Crippen molar-refractivity contribution in [3.05, 3.63) is 34.8 Å². The molecule has 0 aromatic carbocycles. The number of H-pyrrole nitrogens is 1. The van der Waals surface area contributed by atoms with Crippen LogP contribution in [0.15, 0.2) is 23.6 Å². The van der Waals surface area contributed by atoms with Crippen molar-refractivity contribution in [2.45, 2.75) is 49.5 Å². The van der Waals surface area contributed by atoms with Gasteiger partial charge in [-0.1, -0.05) is 24.5 Å². The number of hydrogen-bond acceptors (Lipinski definition) is 16. The SMILES string of the molecule is N#Cc1cncnc1N[C@@H]1C[C@@H]2CO[P@@](=O)(S)O[C@@H]3[C@H](O)[C@@H](CO[P@@](=O)(S)O[C@H]2C1)O[C@H]3n1cnc2c(=O)[nH]c(N)nc21. The van der Waals surface area contributed by atoms with Gasteiger partial charge in [0.15, 0.2) is 17.4 Å². The van der Waals surface area contributed by atoms with Gasteiger partial charge in [0.2, 0.25) is 5.95 Å². The lowest BCUT2D eigenvalue weighted by Crippen LogP contribution is -2.35. The monoisotopic (exact) mass is 673 g/mol. The smallest absolute Gasteiger partial charge is 0.386 e. The molecule has 1 aliphatic carbocycles. The zero-order valence-corrected chi connectivity index (χ0v) is 25.4. The van der Waals surface area contributed by atoms with Gasteiger partial charge in [-0.15, -0.1) is 0 Å². The number of nitriles is 1. The van der Waals surface area contributed by atoms with E-state index in [1.807, 2.05) is 6.07 Å². The van der Waals surface area contributed by atoms with Crippen LogP contribution in [0.3, 0.4) is 0 Å². The van der Waals surface area contributed by atoms with Crippen molar-refractivity contribution in [3.8, 4) is 6.07 Å². The summed E-state index contributed by atoms with van der Waals surface area (Å²) in [5.74, 6) is -0.384. The number of ether oxygens (including phenoxy) is 1. The van der Waals surface area contributed by atoms with Gasteiger partial charge >= 0.3 is 13.6 Å². The lowest BCUT2D eigenvalue weighted by molar-refractivity contribution is -0.0487. The van der Waals surface area contributed by atoms with Crippen molar-refractivity contribution in [1.82, 2.24) is 29.5 Å². The molecule has 43 heavy (non-hydrogen) atoms. The van der Waals surface area contributed by atoms with Crippen molar-refractivity contribution in [2.75, 3.05) is 24.3 Å². The quantitative estimate of drug-likeness (QED) is 0.170. The number of hydrogen-bond donors (Lipinski definition) is 6. The Morgan fingerprint density at radius 1 is 1.16 bits per heavy atom. The molecular formula is C21H25N9O9P2S2. The Bertz CT molecular complexity index is 1740. The maximum Gasteiger partial charge on any atom is 0.386 e. The van der Waals surface area contributed by atoms with Crippen LogP contribution in [0, 0.1) is 17.2 Å². The van der Waals surface area contributed by atoms with Crippen LogP contribution in [0.5, 0.6) is 0 Å². The number of fused-ring (bicyclic) bond motifs is 4. The molecule has 230 valence electrons. The Balaban J connectivity index is 1.27. The van der Waals surface area contributed by atoms with E-state index in [1.165, 1.54) is 23.4 Å². The van der Waals surface area contributed by atoms with Gasteiger partial charge in [-0.25, -0.2) is 24.1 Å². The Labute approximate surface area is 253 Å².